The first-order valence-corrected chi connectivity index (χ1v) is 9.23. The minimum atomic E-state index is 0.363. The molecular formula is C21H26N6O2. The van der Waals surface area contributed by atoms with Crippen LogP contribution >= 0.6 is 0 Å². The van der Waals surface area contributed by atoms with Crippen LogP contribution in [0, 0.1) is 13.8 Å². The Morgan fingerprint density at radius 2 is 1.83 bits per heavy atom. The number of hydrogen-bond acceptors (Lipinski definition) is 5. The van der Waals surface area contributed by atoms with Crippen LogP contribution in [0.2, 0.25) is 0 Å². The summed E-state index contributed by atoms with van der Waals surface area (Å²) in [4.78, 5) is 8.85. The second-order valence-corrected chi connectivity index (χ2v) is 6.61. The number of rotatable bonds is 7. The number of nitrogens with zero attached hydrogens (tertiary/aromatic N) is 4. The van der Waals surface area contributed by atoms with E-state index in [1.54, 1.807) is 20.4 Å². The number of hydrogen-bond donors (Lipinski definition) is 2. The Hall–Kier alpha value is -3.55. The van der Waals surface area contributed by atoms with Gasteiger partial charge in [-0.15, -0.1) is 0 Å². The third-order valence-electron chi connectivity index (χ3n) is 4.39. The van der Waals surface area contributed by atoms with Gasteiger partial charge in [0.25, 0.3) is 0 Å². The van der Waals surface area contributed by atoms with E-state index in [0.717, 1.165) is 28.3 Å². The number of aromatic nitrogens is 3. The van der Waals surface area contributed by atoms with Crippen molar-refractivity contribution in [1.82, 2.24) is 20.1 Å². The van der Waals surface area contributed by atoms with Crippen LogP contribution in [0.5, 0.6) is 11.5 Å². The summed E-state index contributed by atoms with van der Waals surface area (Å²) in [6, 6.07) is 11.6. The van der Waals surface area contributed by atoms with Crippen molar-refractivity contribution >= 4 is 5.96 Å². The van der Waals surface area contributed by atoms with Gasteiger partial charge in [0.2, 0.25) is 0 Å². The molecule has 0 saturated heterocycles. The van der Waals surface area contributed by atoms with Crippen LogP contribution in [-0.2, 0) is 13.1 Å². The normalized spacial score (nSPS) is 11.4. The Morgan fingerprint density at radius 3 is 2.45 bits per heavy atom. The summed E-state index contributed by atoms with van der Waals surface area (Å²) in [5, 5.41) is 7.54. The van der Waals surface area contributed by atoms with Gasteiger partial charge in [0, 0.05) is 18.4 Å². The van der Waals surface area contributed by atoms with Gasteiger partial charge < -0.3 is 20.5 Å². The van der Waals surface area contributed by atoms with Gasteiger partial charge in [-0.2, -0.15) is 5.10 Å². The predicted molar refractivity (Wildman–Crippen MR) is 113 cm³/mol. The molecule has 2 aromatic heterocycles. The molecule has 2 heterocycles. The van der Waals surface area contributed by atoms with Crippen molar-refractivity contribution in [3.05, 3.63) is 65.1 Å². The smallest absolute Gasteiger partial charge is 0.189 e. The van der Waals surface area contributed by atoms with E-state index in [1.807, 2.05) is 54.9 Å². The molecule has 8 heteroatoms. The number of aliphatic imine (C=N–C) groups is 1. The molecule has 29 heavy (non-hydrogen) atoms. The standard InChI is InChI=1S/C21H26N6O2/c1-14-9-15(2)27(26-14)20-8-6-17(12-23-20)13-25-21(22)24-11-16-5-7-18(28-3)19(10-16)29-4/h5-10,12H,11,13H2,1-4H3,(H3,22,24,25). The second kappa shape index (κ2) is 9.09. The molecule has 0 bridgehead atoms. The lowest BCUT2D eigenvalue weighted by molar-refractivity contribution is 0.354. The molecule has 8 nitrogen and oxygen atoms in total. The van der Waals surface area contributed by atoms with Gasteiger partial charge in [-0.05, 0) is 49.2 Å². The van der Waals surface area contributed by atoms with Gasteiger partial charge >= 0.3 is 0 Å². The summed E-state index contributed by atoms with van der Waals surface area (Å²) >= 11 is 0. The molecule has 0 atom stereocenters. The first kappa shape index (κ1) is 20.2. The maximum absolute atomic E-state index is 5.99. The Balaban J connectivity index is 1.58. The highest BCUT2D eigenvalue weighted by Crippen LogP contribution is 2.27. The van der Waals surface area contributed by atoms with Crippen LogP contribution in [0.15, 0.2) is 47.6 Å². The first-order chi connectivity index (χ1) is 14.0. The molecule has 0 amide bonds. The maximum atomic E-state index is 5.99. The summed E-state index contributed by atoms with van der Waals surface area (Å²) in [7, 11) is 3.22. The molecule has 1 aromatic carbocycles. The summed E-state index contributed by atoms with van der Waals surface area (Å²) in [6.45, 7) is 4.94. The zero-order valence-electron chi connectivity index (χ0n) is 17.1. The number of aryl methyl sites for hydroxylation is 2. The summed E-state index contributed by atoms with van der Waals surface area (Å²) in [5.41, 5.74) is 9.97. The monoisotopic (exact) mass is 394 g/mol. The SMILES string of the molecule is COc1ccc(CNC(N)=NCc2ccc(-n3nc(C)cc3C)nc2)cc1OC. The first-order valence-electron chi connectivity index (χ1n) is 9.23. The quantitative estimate of drug-likeness (QED) is 0.472. The third-order valence-corrected chi connectivity index (χ3v) is 4.39. The van der Waals surface area contributed by atoms with E-state index < -0.39 is 0 Å². The number of nitrogens with one attached hydrogen (secondary N) is 1. The molecule has 0 unspecified atom stereocenters. The van der Waals surface area contributed by atoms with Gasteiger partial charge in [-0.25, -0.2) is 14.7 Å². The predicted octanol–water partition coefficient (Wildman–Crippen LogP) is 2.51. The number of pyridine rings is 1. The number of ether oxygens (including phenoxy) is 2. The highest BCUT2D eigenvalue weighted by molar-refractivity contribution is 5.77. The van der Waals surface area contributed by atoms with E-state index in [2.05, 4.69) is 20.4 Å². The number of methoxy groups -OCH3 is 2. The van der Waals surface area contributed by atoms with Crippen molar-refractivity contribution in [2.45, 2.75) is 26.9 Å². The van der Waals surface area contributed by atoms with Gasteiger partial charge in [-0.1, -0.05) is 12.1 Å². The highest BCUT2D eigenvalue weighted by Gasteiger charge is 2.06. The van der Waals surface area contributed by atoms with Crippen molar-refractivity contribution in [3.63, 3.8) is 0 Å². The van der Waals surface area contributed by atoms with Crippen LogP contribution in [0.25, 0.3) is 5.82 Å². The summed E-state index contributed by atoms with van der Waals surface area (Å²) < 4.78 is 12.4. The molecule has 0 saturated carbocycles. The molecule has 0 aliphatic heterocycles. The van der Waals surface area contributed by atoms with Gasteiger partial charge in [0.1, 0.15) is 0 Å². The van der Waals surface area contributed by atoms with Crippen LogP contribution in [0.3, 0.4) is 0 Å². The van der Waals surface area contributed by atoms with Crippen LogP contribution < -0.4 is 20.5 Å². The maximum Gasteiger partial charge on any atom is 0.189 e. The summed E-state index contributed by atoms with van der Waals surface area (Å²) in [5.74, 6) is 2.51. The molecular weight excluding hydrogens is 368 g/mol. The zero-order valence-corrected chi connectivity index (χ0v) is 17.1. The molecule has 152 valence electrons. The third kappa shape index (κ3) is 5.04. The van der Waals surface area contributed by atoms with E-state index in [1.165, 1.54) is 0 Å². The second-order valence-electron chi connectivity index (χ2n) is 6.61. The largest absolute Gasteiger partial charge is 0.493 e. The van der Waals surface area contributed by atoms with Gasteiger partial charge in [0.15, 0.2) is 23.3 Å². The van der Waals surface area contributed by atoms with E-state index in [0.29, 0.717) is 30.5 Å². The Kier molecular flexibility index (Phi) is 6.33. The lowest BCUT2D eigenvalue weighted by Crippen LogP contribution is -2.31. The van der Waals surface area contributed by atoms with Crippen molar-refractivity contribution in [2.75, 3.05) is 14.2 Å². The fourth-order valence-corrected chi connectivity index (χ4v) is 2.91. The van der Waals surface area contributed by atoms with E-state index >= 15 is 0 Å². The van der Waals surface area contributed by atoms with E-state index in [-0.39, 0.29) is 0 Å². The van der Waals surface area contributed by atoms with Crippen molar-refractivity contribution in [2.24, 2.45) is 10.7 Å². The van der Waals surface area contributed by atoms with Crippen molar-refractivity contribution in [1.29, 1.82) is 0 Å². The van der Waals surface area contributed by atoms with Gasteiger partial charge in [-0.3, -0.25) is 0 Å². The minimum Gasteiger partial charge on any atom is -0.493 e. The Morgan fingerprint density at radius 1 is 1.07 bits per heavy atom. The molecule has 0 spiro atoms. The van der Waals surface area contributed by atoms with E-state index in [9.17, 15) is 0 Å². The van der Waals surface area contributed by atoms with Crippen LogP contribution in [0.1, 0.15) is 22.5 Å². The Bertz CT molecular complexity index is 995. The average molecular weight is 394 g/mol. The lowest BCUT2D eigenvalue weighted by atomic mass is 10.2. The fourth-order valence-electron chi connectivity index (χ4n) is 2.91. The molecule has 0 fully saturated rings. The molecule has 0 aliphatic rings. The topological polar surface area (TPSA) is 99.6 Å². The van der Waals surface area contributed by atoms with Crippen molar-refractivity contribution < 1.29 is 9.47 Å². The lowest BCUT2D eigenvalue weighted by Gasteiger charge is -2.10. The summed E-state index contributed by atoms with van der Waals surface area (Å²) in [6.07, 6.45) is 1.79. The van der Waals surface area contributed by atoms with Crippen LogP contribution in [-0.4, -0.2) is 34.9 Å². The minimum absolute atomic E-state index is 0.363. The number of nitrogens with two attached hydrogens (primary N) is 1. The molecule has 3 N–H and O–H groups in total. The van der Waals surface area contributed by atoms with Crippen LogP contribution in [0.4, 0.5) is 0 Å². The highest BCUT2D eigenvalue weighted by atomic mass is 16.5. The van der Waals surface area contributed by atoms with Gasteiger partial charge in [0.05, 0.1) is 26.5 Å². The molecule has 3 rings (SSSR count). The average Bonchev–Trinajstić information content (AvgIpc) is 3.08. The van der Waals surface area contributed by atoms with Crippen molar-refractivity contribution in [3.8, 4) is 17.3 Å². The molecule has 0 radical (unpaired) electrons. The number of benzene rings is 1. The molecule has 0 aliphatic carbocycles. The van der Waals surface area contributed by atoms with E-state index in [4.69, 9.17) is 15.2 Å². The number of guanidine groups is 1. The Labute approximate surface area is 170 Å². The fraction of sp³-hybridized carbons (Fsp3) is 0.286. The molecule has 3 aromatic rings. The zero-order chi connectivity index (χ0) is 20.8.